The highest BCUT2D eigenvalue weighted by Gasteiger charge is 2.78. The summed E-state index contributed by atoms with van der Waals surface area (Å²) >= 11 is 0. The Bertz CT molecular complexity index is 1130. The normalized spacial score (nSPS) is 45.8. The number of fused-ring (bicyclic) bond motifs is 2. The van der Waals surface area contributed by atoms with Crippen molar-refractivity contribution in [3.63, 3.8) is 0 Å². The predicted octanol–water partition coefficient (Wildman–Crippen LogP) is 3.09. The van der Waals surface area contributed by atoms with Crippen LogP contribution in [-0.4, -0.2) is 51.9 Å². The van der Waals surface area contributed by atoms with Crippen LogP contribution in [0.3, 0.4) is 0 Å². The number of carbonyl (C=O) groups is 3. The molecule has 5 rings (SSSR count). The van der Waals surface area contributed by atoms with E-state index in [1.807, 2.05) is 56.3 Å². The monoisotopic (exact) mass is 495 g/mol. The van der Waals surface area contributed by atoms with Gasteiger partial charge in [-0.15, -0.1) is 0 Å². The average Bonchev–Trinajstić information content (AvgIpc) is 3.45. The number of ketones is 1. The van der Waals surface area contributed by atoms with Gasteiger partial charge in [0.05, 0.1) is 23.9 Å². The van der Waals surface area contributed by atoms with Crippen molar-refractivity contribution in [1.82, 2.24) is 5.32 Å². The third-order valence-corrected chi connectivity index (χ3v) is 8.64. The van der Waals surface area contributed by atoms with Crippen LogP contribution in [0.2, 0.25) is 0 Å². The summed E-state index contributed by atoms with van der Waals surface area (Å²) in [6, 6.07) is 9.58. The number of aliphatic hydroxyl groups is 1. The minimum atomic E-state index is -1.81. The van der Waals surface area contributed by atoms with Gasteiger partial charge in [-0.05, 0) is 44.2 Å². The highest BCUT2D eigenvalue weighted by molar-refractivity contribution is 5.92. The molecule has 0 bridgehead atoms. The largest absolute Gasteiger partial charge is 0.514 e. The lowest BCUT2D eigenvalue weighted by Crippen LogP contribution is -2.61. The van der Waals surface area contributed by atoms with E-state index < -0.39 is 40.6 Å². The van der Waals surface area contributed by atoms with Gasteiger partial charge in [-0.1, -0.05) is 56.3 Å². The van der Waals surface area contributed by atoms with Crippen molar-refractivity contribution in [1.29, 1.82) is 0 Å². The van der Waals surface area contributed by atoms with Crippen LogP contribution in [-0.2, 0) is 30.2 Å². The number of Topliss-reactive ketones (excluding diaryl/α,β-unsaturated/α-hetero) is 1. The second kappa shape index (κ2) is 8.56. The number of cyclic esters (lactones) is 1. The Hall–Kier alpha value is -2.97. The van der Waals surface area contributed by atoms with E-state index in [-0.39, 0.29) is 29.9 Å². The lowest BCUT2D eigenvalue weighted by molar-refractivity contribution is -0.153. The molecule has 1 aliphatic carbocycles. The molecule has 3 fully saturated rings. The maximum absolute atomic E-state index is 13.8. The second-order valence-electron chi connectivity index (χ2n) is 11.0. The maximum atomic E-state index is 13.8. The minimum absolute atomic E-state index is 0.0972. The average molecular weight is 496 g/mol. The van der Waals surface area contributed by atoms with Gasteiger partial charge in [-0.25, -0.2) is 4.79 Å². The van der Waals surface area contributed by atoms with E-state index in [1.54, 1.807) is 6.92 Å². The van der Waals surface area contributed by atoms with Crippen LogP contribution in [0.25, 0.3) is 0 Å². The van der Waals surface area contributed by atoms with Gasteiger partial charge in [0.15, 0.2) is 5.78 Å². The molecule has 3 heterocycles. The smallest absolute Gasteiger partial charge is 0.416 e. The van der Waals surface area contributed by atoms with Crippen molar-refractivity contribution in [3.8, 4) is 0 Å². The molecule has 1 spiro atoms. The number of benzene rings is 1. The molecule has 9 atom stereocenters. The standard InChI is InChI=1S/C28H33NO7/c1-16-9-8-12-19-23-27(4,35-23)17(2)21-20(15-18-10-6-5-7-11-18)29-24(31)28(19,21)36-25(32)34-14-13-26(3,33)22(16)30/h5-8,10-14,16-17,19-21,23,33H,9,15H2,1-4H3,(H,29,31)/b12-8-,14-13-. The Balaban J connectivity index is 1.58. The van der Waals surface area contributed by atoms with Crippen LogP contribution in [0, 0.1) is 23.7 Å². The molecule has 8 nitrogen and oxygen atoms in total. The molecule has 2 N–H and O–H groups in total. The third-order valence-electron chi connectivity index (χ3n) is 8.64. The molecule has 1 aromatic rings. The van der Waals surface area contributed by atoms with Crippen molar-refractivity contribution >= 4 is 17.8 Å². The van der Waals surface area contributed by atoms with Crippen LogP contribution in [0.5, 0.6) is 0 Å². The van der Waals surface area contributed by atoms with Crippen LogP contribution < -0.4 is 5.32 Å². The Morgan fingerprint density at radius 1 is 1.11 bits per heavy atom. The van der Waals surface area contributed by atoms with Gasteiger partial charge in [0.25, 0.3) is 5.91 Å². The summed E-state index contributed by atoms with van der Waals surface area (Å²) in [7, 11) is 0. The highest BCUT2D eigenvalue weighted by Crippen LogP contribution is 2.63. The number of ether oxygens (including phenoxy) is 3. The van der Waals surface area contributed by atoms with Crippen molar-refractivity contribution < 1.29 is 33.7 Å². The lowest BCUT2D eigenvalue weighted by Gasteiger charge is -2.45. The second-order valence-corrected chi connectivity index (χ2v) is 11.0. The lowest BCUT2D eigenvalue weighted by atomic mass is 9.59. The first kappa shape index (κ1) is 24.7. The Morgan fingerprint density at radius 2 is 1.83 bits per heavy atom. The highest BCUT2D eigenvalue weighted by atomic mass is 16.7. The molecule has 8 heteroatoms. The zero-order chi connectivity index (χ0) is 25.9. The van der Waals surface area contributed by atoms with Crippen molar-refractivity contribution in [2.24, 2.45) is 23.7 Å². The predicted molar refractivity (Wildman–Crippen MR) is 129 cm³/mol. The molecular formula is C28H33NO7. The molecule has 0 radical (unpaired) electrons. The fourth-order valence-corrected chi connectivity index (χ4v) is 6.51. The van der Waals surface area contributed by atoms with E-state index in [1.165, 1.54) is 6.92 Å². The number of nitrogens with one attached hydrogen (secondary N) is 1. The summed E-state index contributed by atoms with van der Waals surface area (Å²) in [5, 5.41) is 13.7. The number of epoxide rings is 1. The topological polar surface area (TPSA) is 114 Å². The van der Waals surface area contributed by atoms with E-state index in [2.05, 4.69) is 5.32 Å². The summed E-state index contributed by atoms with van der Waals surface area (Å²) in [6.07, 6.45) is 5.28. The van der Waals surface area contributed by atoms with Crippen LogP contribution in [0.15, 0.2) is 54.8 Å². The number of hydrogen-bond donors (Lipinski definition) is 2. The molecule has 0 aromatic heterocycles. The van der Waals surface area contributed by atoms with E-state index in [9.17, 15) is 19.5 Å². The summed E-state index contributed by atoms with van der Waals surface area (Å²) in [6.45, 7) is 7.15. The zero-order valence-electron chi connectivity index (χ0n) is 21.0. The quantitative estimate of drug-likeness (QED) is 0.368. The Morgan fingerprint density at radius 3 is 2.56 bits per heavy atom. The first-order chi connectivity index (χ1) is 17.0. The van der Waals surface area contributed by atoms with Gasteiger partial charge in [-0.2, -0.15) is 0 Å². The van der Waals surface area contributed by atoms with Crippen molar-refractivity contribution in [3.05, 3.63) is 60.4 Å². The number of rotatable bonds is 2. The molecule has 2 saturated heterocycles. The molecule has 1 saturated carbocycles. The fraction of sp³-hybridized carbons (Fsp3) is 0.536. The van der Waals surface area contributed by atoms with Crippen LogP contribution in [0.4, 0.5) is 4.79 Å². The molecule has 9 unspecified atom stereocenters. The SMILES string of the molecule is CC1C/C=C\C2C3OC3(C)C(C)C3C(Cc4ccccc4)NC(=O)C23OC(=O)O/C=C\C(C)(O)C1=O. The molecule has 192 valence electrons. The minimum Gasteiger partial charge on any atom is -0.416 e. The number of amides is 1. The Labute approximate surface area is 210 Å². The summed E-state index contributed by atoms with van der Waals surface area (Å²) < 4.78 is 17.3. The maximum Gasteiger partial charge on any atom is 0.514 e. The van der Waals surface area contributed by atoms with Crippen LogP contribution >= 0.6 is 0 Å². The molecule has 1 aromatic carbocycles. The first-order valence-corrected chi connectivity index (χ1v) is 12.5. The van der Waals surface area contributed by atoms with Crippen LogP contribution in [0.1, 0.15) is 39.7 Å². The molecule has 36 heavy (non-hydrogen) atoms. The molecule has 1 amide bonds. The van der Waals surface area contributed by atoms with E-state index >= 15 is 0 Å². The van der Waals surface area contributed by atoms with E-state index in [4.69, 9.17) is 14.2 Å². The summed E-state index contributed by atoms with van der Waals surface area (Å²) in [4.78, 5) is 39.5. The van der Waals surface area contributed by atoms with Gasteiger partial charge in [0.1, 0.15) is 5.60 Å². The molecule has 3 aliphatic heterocycles. The van der Waals surface area contributed by atoms with Gasteiger partial charge >= 0.3 is 6.16 Å². The number of hydrogen-bond acceptors (Lipinski definition) is 7. The summed E-state index contributed by atoms with van der Waals surface area (Å²) in [5.74, 6) is -2.32. The van der Waals surface area contributed by atoms with Gasteiger partial charge in [-0.3, -0.25) is 9.59 Å². The summed E-state index contributed by atoms with van der Waals surface area (Å²) in [5.41, 5.74) is -2.76. The van der Waals surface area contributed by atoms with Crippen molar-refractivity contribution in [2.75, 3.05) is 0 Å². The number of carbonyl (C=O) groups excluding carboxylic acids is 3. The third kappa shape index (κ3) is 3.78. The van der Waals surface area contributed by atoms with Gasteiger partial charge in [0.2, 0.25) is 5.60 Å². The fourth-order valence-electron chi connectivity index (χ4n) is 6.51. The van der Waals surface area contributed by atoms with Gasteiger partial charge in [0, 0.05) is 17.9 Å². The molecule has 4 aliphatic rings. The number of allylic oxidation sites excluding steroid dienone is 1. The van der Waals surface area contributed by atoms with E-state index in [0.29, 0.717) is 12.8 Å². The first-order valence-electron chi connectivity index (χ1n) is 12.5. The van der Waals surface area contributed by atoms with Gasteiger partial charge < -0.3 is 24.6 Å². The van der Waals surface area contributed by atoms with Crippen molar-refractivity contribution in [2.45, 2.75) is 69.5 Å². The molecular weight excluding hydrogens is 462 g/mol. The Kier molecular flexibility index (Phi) is 5.87. The van der Waals surface area contributed by atoms with E-state index in [0.717, 1.165) is 17.9 Å². The zero-order valence-corrected chi connectivity index (χ0v) is 21.0.